The summed E-state index contributed by atoms with van der Waals surface area (Å²) in [6.07, 6.45) is 3.75. The lowest BCUT2D eigenvalue weighted by Crippen LogP contribution is -2.30. The van der Waals surface area contributed by atoms with Crippen LogP contribution in [0.15, 0.2) is 30.3 Å². The van der Waals surface area contributed by atoms with E-state index in [0.717, 1.165) is 6.61 Å². The van der Waals surface area contributed by atoms with Crippen LogP contribution < -0.4 is 5.19 Å². The van der Waals surface area contributed by atoms with Crippen LogP contribution >= 0.6 is 0 Å². The second-order valence-electron chi connectivity index (χ2n) is 3.48. The average Bonchev–Trinajstić information content (AvgIpc) is 2.25. The van der Waals surface area contributed by atoms with Gasteiger partial charge in [0.15, 0.2) is 0 Å². The van der Waals surface area contributed by atoms with Crippen molar-refractivity contribution in [1.29, 1.82) is 0 Å². The van der Waals surface area contributed by atoms with E-state index in [9.17, 15) is 0 Å². The summed E-state index contributed by atoms with van der Waals surface area (Å²) in [5.74, 6) is 0. The number of benzene rings is 1. The fraction of sp³-hybridized carbons (Fsp3) is 0.500. The molecule has 1 aromatic rings. The molecule has 0 saturated carbocycles. The van der Waals surface area contributed by atoms with Gasteiger partial charge in [-0.05, 0) is 18.2 Å². The van der Waals surface area contributed by atoms with E-state index >= 15 is 0 Å². The molecule has 0 unspecified atom stereocenters. The van der Waals surface area contributed by atoms with Gasteiger partial charge in [-0.3, -0.25) is 0 Å². The molecule has 0 atom stereocenters. The first-order chi connectivity index (χ1) is 6.84. The van der Waals surface area contributed by atoms with Gasteiger partial charge < -0.3 is 4.43 Å². The van der Waals surface area contributed by atoms with Gasteiger partial charge in [-0.25, -0.2) is 0 Å². The molecule has 0 N–H and O–H groups in total. The summed E-state index contributed by atoms with van der Waals surface area (Å²) < 4.78 is 5.83. The van der Waals surface area contributed by atoms with Crippen molar-refractivity contribution in [2.75, 3.05) is 6.61 Å². The Bertz CT molecular complexity index is 235. The highest BCUT2D eigenvalue weighted by Crippen LogP contribution is 1.96. The van der Waals surface area contributed by atoms with Gasteiger partial charge >= 0.3 is 0 Å². The molecule has 0 spiro atoms. The van der Waals surface area contributed by atoms with Gasteiger partial charge in [-0.2, -0.15) is 0 Å². The first-order valence-electron chi connectivity index (χ1n) is 5.36. The fourth-order valence-electron chi connectivity index (χ4n) is 1.33. The number of hydrogen-bond donors (Lipinski definition) is 0. The van der Waals surface area contributed by atoms with Gasteiger partial charge in [0.2, 0.25) is 9.04 Å². The van der Waals surface area contributed by atoms with E-state index < -0.39 is 9.04 Å². The SMILES string of the molecule is CCCCCO[Si](C)c1ccccc1. The molecule has 0 aliphatic heterocycles. The Labute approximate surface area is 88.8 Å². The minimum absolute atomic E-state index is 0.748. The molecule has 0 saturated heterocycles. The number of unbranched alkanes of at least 4 members (excludes halogenated alkanes) is 2. The third kappa shape index (κ3) is 4.07. The molecule has 0 aliphatic rings. The minimum atomic E-state index is -0.748. The van der Waals surface area contributed by atoms with E-state index in [1.807, 2.05) is 0 Å². The van der Waals surface area contributed by atoms with Crippen LogP contribution in [0.4, 0.5) is 0 Å². The van der Waals surface area contributed by atoms with Gasteiger partial charge in [0, 0.05) is 6.61 Å². The number of rotatable bonds is 6. The Balaban J connectivity index is 2.25. The summed E-state index contributed by atoms with van der Waals surface area (Å²) in [4.78, 5) is 0. The fourth-order valence-corrected chi connectivity index (χ4v) is 2.61. The molecule has 0 aliphatic carbocycles. The molecule has 0 heterocycles. The molecule has 2 heteroatoms. The molecule has 0 bridgehead atoms. The Morgan fingerprint density at radius 3 is 2.50 bits per heavy atom. The smallest absolute Gasteiger partial charge is 0.243 e. The van der Waals surface area contributed by atoms with Crippen LogP contribution in [-0.2, 0) is 4.43 Å². The summed E-state index contributed by atoms with van der Waals surface area (Å²) in [5, 5.41) is 1.37. The van der Waals surface area contributed by atoms with Crippen molar-refractivity contribution in [3.63, 3.8) is 0 Å². The van der Waals surface area contributed by atoms with Gasteiger partial charge in [0.05, 0.1) is 0 Å². The van der Waals surface area contributed by atoms with Crippen molar-refractivity contribution in [2.45, 2.75) is 32.7 Å². The van der Waals surface area contributed by atoms with Crippen molar-refractivity contribution < 1.29 is 4.43 Å². The van der Waals surface area contributed by atoms with Crippen LogP contribution in [0.5, 0.6) is 0 Å². The Hall–Kier alpha value is -0.603. The van der Waals surface area contributed by atoms with Crippen molar-refractivity contribution in [3.8, 4) is 0 Å². The van der Waals surface area contributed by atoms with Crippen molar-refractivity contribution >= 4 is 14.2 Å². The van der Waals surface area contributed by atoms with E-state index in [2.05, 4.69) is 43.8 Å². The van der Waals surface area contributed by atoms with E-state index in [-0.39, 0.29) is 0 Å². The maximum absolute atomic E-state index is 5.83. The Kier molecular flexibility index (Phi) is 5.57. The molecule has 1 rings (SSSR count). The molecule has 0 amide bonds. The maximum atomic E-state index is 5.83. The topological polar surface area (TPSA) is 9.23 Å². The van der Waals surface area contributed by atoms with Crippen LogP contribution in [-0.4, -0.2) is 15.6 Å². The molecular weight excluding hydrogens is 188 g/mol. The molecule has 1 aromatic carbocycles. The van der Waals surface area contributed by atoms with Crippen LogP contribution in [0, 0.1) is 0 Å². The lowest BCUT2D eigenvalue weighted by molar-refractivity contribution is 0.317. The second kappa shape index (κ2) is 6.79. The molecule has 1 nitrogen and oxygen atoms in total. The van der Waals surface area contributed by atoms with Crippen LogP contribution in [0.25, 0.3) is 0 Å². The van der Waals surface area contributed by atoms with E-state index in [4.69, 9.17) is 4.43 Å². The van der Waals surface area contributed by atoms with Crippen LogP contribution in [0.1, 0.15) is 26.2 Å². The summed E-state index contributed by atoms with van der Waals surface area (Å²) in [6, 6.07) is 10.5. The van der Waals surface area contributed by atoms with Crippen LogP contribution in [0.2, 0.25) is 6.55 Å². The van der Waals surface area contributed by atoms with Crippen molar-refractivity contribution in [2.24, 2.45) is 0 Å². The van der Waals surface area contributed by atoms with Crippen molar-refractivity contribution in [1.82, 2.24) is 0 Å². The lowest BCUT2D eigenvalue weighted by Gasteiger charge is -2.10. The first kappa shape index (κ1) is 11.5. The zero-order valence-electron chi connectivity index (χ0n) is 9.12. The van der Waals surface area contributed by atoms with E-state index in [1.165, 1.54) is 24.4 Å². The second-order valence-corrected chi connectivity index (χ2v) is 5.46. The predicted octanol–water partition coefficient (Wildman–Crippen LogP) is 2.72. The third-order valence-corrected chi connectivity index (χ3v) is 4.03. The normalized spacial score (nSPS) is 10.8. The summed E-state index contributed by atoms with van der Waals surface area (Å²) >= 11 is 0. The highest BCUT2D eigenvalue weighted by Gasteiger charge is 2.07. The zero-order chi connectivity index (χ0) is 10.2. The first-order valence-corrected chi connectivity index (χ1v) is 7.27. The monoisotopic (exact) mass is 207 g/mol. The standard InChI is InChI=1S/C12H19OSi/c1-3-4-8-11-13-14(2)12-9-6-5-7-10-12/h5-7,9-10H,3-4,8,11H2,1-2H3. The minimum Gasteiger partial charge on any atom is -0.412 e. The largest absolute Gasteiger partial charge is 0.412 e. The molecule has 0 aromatic heterocycles. The number of hydrogen-bond acceptors (Lipinski definition) is 1. The molecule has 1 radical (unpaired) electrons. The highest BCUT2D eigenvalue weighted by atomic mass is 28.3. The van der Waals surface area contributed by atoms with E-state index in [0.29, 0.717) is 0 Å². The highest BCUT2D eigenvalue weighted by molar-refractivity contribution is 6.66. The summed E-state index contributed by atoms with van der Waals surface area (Å²) in [6.45, 7) is 5.36. The summed E-state index contributed by atoms with van der Waals surface area (Å²) in [5.41, 5.74) is 0. The summed E-state index contributed by atoms with van der Waals surface area (Å²) in [7, 11) is -0.748. The van der Waals surface area contributed by atoms with E-state index in [1.54, 1.807) is 0 Å². The third-order valence-electron chi connectivity index (χ3n) is 2.25. The van der Waals surface area contributed by atoms with Gasteiger partial charge in [0.1, 0.15) is 0 Å². The molecule has 14 heavy (non-hydrogen) atoms. The van der Waals surface area contributed by atoms with Crippen molar-refractivity contribution in [3.05, 3.63) is 30.3 Å². The molecular formula is C12H19OSi. The predicted molar refractivity (Wildman–Crippen MR) is 63.2 cm³/mol. The lowest BCUT2D eigenvalue weighted by atomic mass is 10.3. The quantitative estimate of drug-likeness (QED) is 0.515. The molecule has 0 fully saturated rings. The van der Waals surface area contributed by atoms with Gasteiger partial charge in [0.25, 0.3) is 0 Å². The zero-order valence-corrected chi connectivity index (χ0v) is 10.1. The maximum Gasteiger partial charge on any atom is 0.243 e. The van der Waals surface area contributed by atoms with Crippen LogP contribution in [0.3, 0.4) is 0 Å². The van der Waals surface area contributed by atoms with Gasteiger partial charge in [-0.1, -0.05) is 50.1 Å². The Morgan fingerprint density at radius 2 is 1.86 bits per heavy atom. The molecule has 77 valence electrons. The van der Waals surface area contributed by atoms with Gasteiger partial charge in [-0.15, -0.1) is 0 Å². The average molecular weight is 207 g/mol. The Morgan fingerprint density at radius 1 is 1.14 bits per heavy atom.